The number of rotatable bonds is 3. The first-order chi connectivity index (χ1) is 13.1. The van der Waals surface area contributed by atoms with E-state index in [0.29, 0.717) is 12.2 Å². The van der Waals surface area contributed by atoms with E-state index in [9.17, 15) is 25.3 Å². The van der Waals surface area contributed by atoms with E-state index in [1.54, 1.807) is 0 Å². The molecule has 3 N–H and O–H groups in total. The van der Waals surface area contributed by atoms with Gasteiger partial charge in [0.05, 0.1) is 18.0 Å². The highest BCUT2D eigenvalue weighted by Crippen LogP contribution is 2.50. The number of phenolic OH excluding ortho intramolecular Hbond substituents is 1. The van der Waals surface area contributed by atoms with E-state index in [1.807, 2.05) is 19.9 Å². The summed E-state index contributed by atoms with van der Waals surface area (Å²) in [5, 5.41) is 31.3. The molecule has 0 fully saturated rings. The number of ether oxygens (including phenoxy) is 2. The van der Waals surface area contributed by atoms with Gasteiger partial charge in [-0.05, 0) is 17.0 Å². The van der Waals surface area contributed by atoms with Gasteiger partial charge in [0, 0.05) is 24.5 Å². The molecule has 0 saturated heterocycles. The van der Waals surface area contributed by atoms with Crippen LogP contribution >= 0.6 is 0 Å². The second kappa shape index (κ2) is 6.56. The van der Waals surface area contributed by atoms with Crippen LogP contribution in [0.25, 0.3) is 0 Å². The number of benzene rings is 1. The third-order valence-electron chi connectivity index (χ3n) is 4.88. The number of aromatic hydroxyl groups is 1. The number of nitriles is 1. The maximum Gasteiger partial charge on any atom is 0.315 e. The normalized spacial score (nSPS) is 20.9. The van der Waals surface area contributed by atoms with Gasteiger partial charge in [-0.3, -0.25) is 14.9 Å². The third-order valence-corrected chi connectivity index (χ3v) is 4.88. The van der Waals surface area contributed by atoms with Crippen molar-refractivity contribution in [1.82, 2.24) is 0 Å². The lowest BCUT2D eigenvalue weighted by molar-refractivity contribution is -0.385. The monoisotopic (exact) mass is 385 g/mol. The van der Waals surface area contributed by atoms with E-state index >= 15 is 0 Å². The molecule has 9 heteroatoms. The quantitative estimate of drug-likeness (QED) is 0.596. The highest BCUT2D eigenvalue weighted by molar-refractivity contribution is 6.00. The molecule has 3 rings (SSSR count). The van der Waals surface area contributed by atoms with Crippen molar-refractivity contribution in [3.05, 3.63) is 50.6 Å². The van der Waals surface area contributed by atoms with Crippen LogP contribution in [0, 0.1) is 26.9 Å². The van der Waals surface area contributed by atoms with Crippen molar-refractivity contribution >= 4 is 11.5 Å². The van der Waals surface area contributed by atoms with Gasteiger partial charge in [-0.15, -0.1) is 0 Å². The molecule has 1 aliphatic carbocycles. The highest BCUT2D eigenvalue weighted by atomic mass is 16.6. The Balaban J connectivity index is 2.27. The van der Waals surface area contributed by atoms with E-state index < -0.39 is 22.3 Å². The molecule has 1 atom stereocenters. The van der Waals surface area contributed by atoms with Crippen LogP contribution in [0.4, 0.5) is 5.69 Å². The van der Waals surface area contributed by atoms with Crippen LogP contribution in [-0.4, -0.2) is 22.9 Å². The predicted molar refractivity (Wildman–Crippen MR) is 97.0 cm³/mol. The molecule has 0 amide bonds. The van der Waals surface area contributed by atoms with Gasteiger partial charge < -0.3 is 20.3 Å². The van der Waals surface area contributed by atoms with Gasteiger partial charge in [0.25, 0.3) is 0 Å². The SMILES string of the molecule is COc1c(O)cc(C2C(C#N)=C(N)OC3=C2C(=O)CC(C)(C)C3)cc1[N+](=O)[O-]. The minimum absolute atomic E-state index is 0.0364. The number of carbonyl (C=O) groups is 1. The summed E-state index contributed by atoms with van der Waals surface area (Å²) >= 11 is 0. The average Bonchev–Trinajstić information content (AvgIpc) is 2.58. The molecule has 1 aromatic rings. The lowest BCUT2D eigenvalue weighted by Gasteiger charge is -2.37. The molecule has 1 heterocycles. The van der Waals surface area contributed by atoms with Gasteiger partial charge in [-0.2, -0.15) is 5.26 Å². The molecule has 0 saturated carbocycles. The number of carbonyl (C=O) groups excluding carboxylic acids is 1. The van der Waals surface area contributed by atoms with Crippen molar-refractivity contribution in [3.8, 4) is 17.6 Å². The van der Waals surface area contributed by atoms with Crippen molar-refractivity contribution in [1.29, 1.82) is 5.26 Å². The Labute approximate surface area is 160 Å². The molecule has 146 valence electrons. The first-order valence-corrected chi connectivity index (χ1v) is 8.48. The standard InChI is InChI=1S/C19H19N3O6/c1-19(2)6-13(24)16-14(7-19)28-18(21)10(8-20)15(16)9-4-11(22(25)26)17(27-3)12(23)5-9/h4-5,15,23H,6-7,21H2,1-3H3. The summed E-state index contributed by atoms with van der Waals surface area (Å²) in [5.74, 6) is -1.78. The fourth-order valence-electron chi connectivity index (χ4n) is 3.75. The summed E-state index contributed by atoms with van der Waals surface area (Å²) in [6, 6.07) is 4.35. The lowest BCUT2D eigenvalue weighted by Crippen LogP contribution is -2.33. The number of nitrogens with two attached hydrogens (primary N) is 1. The van der Waals surface area contributed by atoms with Gasteiger partial charge in [0.2, 0.25) is 11.6 Å². The van der Waals surface area contributed by atoms with Crippen LogP contribution in [0.3, 0.4) is 0 Å². The number of ketones is 1. The molecule has 0 spiro atoms. The number of methoxy groups -OCH3 is 1. The van der Waals surface area contributed by atoms with Crippen LogP contribution in [0.2, 0.25) is 0 Å². The predicted octanol–water partition coefficient (Wildman–Crippen LogP) is 2.76. The van der Waals surface area contributed by atoms with Crippen LogP contribution in [0.5, 0.6) is 11.5 Å². The van der Waals surface area contributed by atoms with Gasteiger partial charge >= 0.3 is 5.69 Å². The minimum atomic E-state index is -0.965. The molecular weight excluding hydrogens is 366 g/mol. The van der Waals surface area contributed by atoms with Crippen LogP contribution in [-0.2, 0) is 9.53 Å². The Bertz CT molecular complexity index is 1000. The second-order valence-electron chi connectivity index (χ2n) is 7.55. The van der Waals surface area contributed by atoms with Gasteiger partial charge in [0.1, 0.15) is 17.4 Å². The summed E-state index contributed by atoms with van der Waals surface area (Å²) < 4.78 is 10.5. The molecule has 0 radical (unpaired) electrons. The zero-order valence-electron chi connectivity index (χ0n) is 15.6. The topological polar surface area (TPSA) is 149 Å². The van der Waals surface area contributed by atoms with Crippen molar-refractivity contribution in [2.24, 2.45) is 11.1 Å². The molecule has 2 aliphatic rings. The highest BCUT2D eigenvalue weighted by Gasteiger charge is 2.43. The van der Waals surface area contributed by atoms with Gasteiger partial charge in [0.15, 0.2) is 11.5 Å². The molecule has 0 aromatic heterocycles. The Kier molecular flexibility index (Phi) is 4.51. The number of nitrogens with zero attached hydrogens (tertiary/aromatic N) is 2. The molecule has 1 aromatic carbocycles. The Morgan fingerprint density at radius 2 is 2.11 bits per heavy atom. The fourth-order valence-corrected chi connectivity index (χ4v) is 3.75. The lowest BCUT2D eigenvalue weighted by atomic mass is 9.70. The third kappa shape index (κ3) is 3.03. The molecule has 28 heavy (non-hydrogen) atoms. The van der Waals surface area contributed by atoms with Crippen LogP contribution < -0.4 is 10.5 Å². The fraction of sp³-hybridized carbons (Fsp3) is 0.368. The molecule has 1 aliphatic heterocycles. The van der Waals surface area contributed by atoms with Crippen molar-refractivity contribution < 1.29 is 24.3 Å². The van der Waals surface area contributed by atoms with Gasteiger partial charge in [-0.1, -0.05) is 13.8 Å². The average molecular weight is 385 g/mol. The maximum absolute atomic E-state index is 12.9. The van der Waals surface area contributed by atoms with Gasteiger partial charge in [-0.25, -0.2) is 0 Å². The molecule has 9 nitrogen and oxygen atoms in total. The number of phenols is 1. The summed E-state index contributed by atoms with van der Waals surface area (Å²) in [4.78, 5) is 23.6. The summed E-state index contributed by atoms with van der Waals surface area (Å²) in [7, 11) is 1.20. The summed E-state index contributed by atoms with van der Waals surface area (Å²) in [6.45, 7) is 3.83. The first-order valence-electron chi connectivity index (χ1n) is 8.48. The number of nitro groups is 1. The second-order valence-corrected chi connectivity index (χ2v) is 7.55. The molecule has 1 unspecified atom stereocenters. The smallest absolute Gasteiger partial charge is 0.315 e. The number of allylic oxidation sites excluding steroid dienone is 3. The number of hydrogen-bond acceptors (Lipinski definition) is 8. The van der Waals surface area contributed by atoms with Crippen molar-refractivity contribution in [2.75, 3.05) is 7.11 Å². The summed E-state index contributed by atoms with van der Waals surface area (Å²) in [6.07, 6.45) is 0.656. The van der Waals surface area contributed by atoms with Crippen molar-refractivity contribution in [3.63, 3.8) is 0 Å². The Morgan fingerprint density at radius 1 is 1.43 bits per heavy atom. The zero-order chi connectivity index (χ0) is 20.8. The van der Waals surface area contributed by atoms with E-state index in [0.717, 1.165) is 0 Å². The van der Waals surface area contributed by atoms with E-state index in [4.69, 9.17) is 15.2 Å². The Hall–Kier alpha value is -3.54. The van der Waals surface area contributed by atoms with E-state index in [-0.39, 0.29) is 46.0 Å². The first kappa shape index (κ1) is 19.2. The van der Waals surface area contributed by atoms with Crippen LogP contribution in [0.15, 0.2) is 34.9 Å². The number of nitro benzene ring substituents is 1. The van der Waals surface area contributed by atoms with E-state index in [1.165, 1.54) is 19.2 Å². The van der Waals surface area contributed by atoms with E-state index in [2.05, 4.69) is 0 Å². The number of hydrogen-bond donors (Lipinski definition) is 2. The molecular formula is C19H19N3O6. The maximum atomic E-state index is 12.9. The zero-order valence-corrected chi connectivity index (χ0v) is 15.6. The number of Topliss-reactive ketones (excluding diaryl/α,β-unsaturated/α-hetero) is 1. The molecule has 0 bridgehead atoms. The minimum Gasteiger partial charge on any atom is -0.504 e. The summed E-state index contributed by atoms with van der Waals surface area (Å²) in [5.41, 5.74) is 5.48. The Morgan fingerprint density at radius 3 is 2.68 bits per heavy atom. The van der Waals surface area contributed by atoms with Crippen LogP contribution in [0.1, 0.15) is 38.2 Å². The largest absolute Gasteiger partial charge is 0.504 e. The van der Waals surface area contributed by atoms with Crippen molar-refractivity contribution in [2.45, 2.75) is 32.6 Å².